The maximum atomic E-state index is 4.89. The molecule has 3 rings (SSSR count). The van der Waals surface area contributed by atoms with Gasteiger partial charge in [0, 0.05) is 32.3 Å². The van der Waals surface area contributed by atoms with E-state index in [9.17, 15) is 0 Å². The average Bonchev–Trinajstić information content (AvgIpc) is 2.94. The molecular weight excluding hydrogens is 212 g/mol. The molecule has 2 aliphatic heterocycles. The average molecular weight is 234 g/mol. The third kappa shape index (κ3) is 1.79. The Balaban J connectivity index is 1.95. The molecule has 94 valence electrons. The highest BCUT2D eigenvalue weighted by Gasteiger charge is 2.30. The molecule has 3 heterocycles. The highest BCUT2D eigenvalue weighted by Crippen LogP contribution is 2.32. The van der Waals surface area contributed by atoms with Crippen LogP contribution in [0.25, 0.3) is 0 Å². The lowest BCUT2D eigenvalue weighted by molar-refractivity contribution is 0.258. The van der Waals surface area contributed by atoms with Gasteiger partial charge in [-0.15, -0.1) is 0 Å². The molecule has 1 unspecified atom stereocenters. The molecule has 1 fully saturated rings. The molecule has 0 radical (unpaired) electrons. The van der Waals surface area contributed by atoms with Gasteiger partial charge in [-0.2, -0.15) is 0 Å². The Kier molecular flexibility index (Phi) is 2.92. The summed E-state index contributed by atoms with van der Waals surface area (Å²) in [5, 5.41) is 3.41. The van der Waals surface area contributed by atoms with Crippen LogP contribution >= 0.6 is 0 Å². The molecule has 2 aliphatic rings. The summed E-state index contributed by atoms with van der Waals surface area (Å²) in [5.74, 6) is 1.29. The summed E-state index contributed by atoms with van der Waals surface area (Å²) in [4.78, 5) is 7.45. The standard InChI is InChI=1S/C13H22N4/c1-3-17-8-4-5-12(17)13-15-10-9-14-7-6-11(10)16(13)2/h12,14H,3-9H2,1-2H3. The number of aromatic nitrogens is 2. The lowest BCUT2D eigenvalue weighted by Gasteiger charge is -2.22. The molecule has 0 saturated carbocycles. The normalized spacial score (nSPS) is 25.2. The summed E-state index contributed by atoms with van der Waals surface area (Å²) in [6.45, 7) is 6.66. The number of imidazole rings is 1. The van der Waals surface area contributed by atoms with E-state index in [1.807, 2.05) is 0 Å². The molecule has 0 bridgehead atoms. The van der Waals surface area contributed by atoms with Crippen molar-refractivity contribution in [1.82, 2.24) is 19.8 Å². The summed E-state index contributed by atoms with van der Waals surface area (Å²) in [6.07, 6.45) is 3.71. The number of nitrogens with zero attached hydrogens (tertiary/aromatic N) is 3. The minimum atomic E-state index is 0.551. The van der Waals surface area contributed by atoms with E-state index >= 15 is 0 Å². The lowest BCUT2D eigenvalue weighted by atomic mass is 10.2. The summed E-state index contributed by atoms with van der Waals surface area (Å²) in [7, 11) is 2.19. The molecule has 0 spiro atoms. The largest absolute Gasteiger partial charge is 0.333 e. The highest BCUT2D eigenvalue weighted by molar-refractivity contribution is 5.21. The summed E-state index contributed by atoms with van der Waals surface area (Å²) >= 11 is 0. The Morgan fingerprint density at radius 1 is 1.47 bits per heavy atom. The SMILES string of the molecule is CCN1CCCC1c1nc2c(n1C)CCNC2. The molecule has 1 N–H and O–H groups in total. The number of nitrogens with one attached hydrogen (secondary N) is 1. The van der Waals surface area contributed by atoms with Crippen LogP contribution in [0.15, 0.2) is 0 Å². The number of fused-ring (bicyclic) bond motifs is 1. The predicted octanol–water partition coefficient (Wildman–Crippen LogP) is 1.22. The Morgan fingerprint density at radius 2 is 2.35 bits per heavy atom. The Morgan fingerprint density at radius 3 is 3.12 bits per heavy atom. The van der Waals surface area contributed by atoms with E-state index in [0.717, 1.165) is 26.1 Å². The van der Waals surface area contributed by atoms with E-state index in [1.54, 1.807) is 0 Å². The first-order valence-corrected chi connectivity index (χ1v) is 6.80. The van der Waals surface area contributed by atoms with Gasteiger partial charge in [-0.25, -0.2) is 4.98 Å². The van der Waals surface area contributed by atoms with Gasteiger partial charge in [0.05, 0.1) is 11.7 Å². The first-order valence-electron chi connectivity index (χ1n) is 6.80. The molecule has 0 aromatic carbocycles. The summed E-state index contributed by atoms with van der Waals surface area (Å²) < 4.78 is 2.36. The monoisotopic (exact) mass is 234 g/mol. The fourth-order valence-corrected chi connectivity index (χ4v) is 3.27. The van der Waals surface area contributed by atoms with Crippen molar-refractivity contribution < 1.29 is 0 Å². The second kappa shape index (κ2) is 4.42. The minimum absolute atomic E-state index is 0.551. The molecule has 4 nitrogen and oxygen atoms in total. The molecule has 17 heavy (non-hydrogen) atoms. The zero-order valence-electron chi connectivity index (χ0n) is 10.9. The van der Waals surface area contributed by atoms with E-state index < -0.39 is 0 Å². The van der Waals surface area contributed by atoms with Crippen molar-refractivity contribution in [2.45, 2.75) is 38.8 Å². The molecule has 0 amide bonds. The van der Waals surface area contributed by atoms with Crippen molar-refractivity contribution in [3.63, 3.8) is 0 Å². The van der Waals surface area contributed by atoms with Crippen molar-refractivity contribution >= 4 is 0 Å². The van der Waals surface area contributed by atoms with Gasteiger partial charge in [-0.05, 0) is 25.9 Å². The van der Waals surface area contributed by atoms with Crippen LogP contribution in [0.4, 0.5) is 0 Å². The molecule has 1 saturated heterocycles. The van der Waals surface area contributed by atoms with Crippen molar-refractivity contribution in [2.24, 2.45) is 7.05 Å². The van der Waals surface area contributed by atoms with Crippen LogP contribution in [0.3, 0.4) is 0 Å². The van der Waals surface area contributed by atoms with Crippen molar-refractivity contribution in [3.8, 4) is 0 Å². The number of hydrogen-bond donors (Lipinski definition) is 1. The van der Waals surface area contributed by atoms with Crippen molar-refractivity contribution in [2.75, 3.05) is 19.6 Å². The highest BCUT2D eigenvalue weighted by atomic mass is 15.2. The van der Waals surface area contributed by atoms with E-state index in [1.165, 1.54) is 36.6 Å². The van der Waals surface area contributed by atoms with Crippen molar-refractivity contribution in [3.05, 3.63) is 17.2 Å². The van der Waals surface area contributed by atoms with Gasteiger partial charge < -0.3 is 9.88 Å². The van der Waals surface area contributed by atoms with Gasteiger partial charge in [0.15, 0.2) is 0 Å². The third-order valence-electron chi connectivity index (χ3n) is 4.23. The molecule has 1 atom stereocenters. The fourth-order valence-electron chi connectivity index (χ4n) is 3.27. The van der Waals surface area contributed by atoms with Gasteiger partial charge in [-0.1, -0.05) is 6.92 Å². The second-order valence-electron chi connectivity index (χ2n) is 5.14. The van der Waals surface area contributed by atoms with E-state index in [2.05, 4.69) is 28.8 Å². The molecule has 1 aromatic heterocycles. The zero-order chi connectivity index (χ0) is 11.8. The third-order valence-corrected chi connectivity index (χ3v) is 4.23. The van der Waals surface area contributed by atoms with Gasteiger partial charge in [0.1, 0.15) is 5.82 Å². The van der Waals surface area contributed by atoms with Gasteiger partial charge >= 0.3 is 0 Å². The number of hydrogen-bond acceptors (Lipinski definition) is 3. The molecule has 0 aliphatic carbocycles. The molecule has 1 aromatic rings. The van der Waals surface area contributed by atoms with Gasteiger partial charge in [-0.3, -0.25) is 4.90 Å². The lowest BCUT2D eigenvalue weighted by Crippen LogP contribution is -2.25. The van der Waals surface area contributed by atoms with Crippen LogP contribution in [0.1, 0.15) is 43.0 Å². The quantitative estimate of drug-likeness (QED) is 0.835. The Bertz CT molecular complexity index is 410. The van der Waals surface area contributed by atoms with Crippen LogP contribution in [0.5, 0.6) is 0 Å². The van der Waals surface area contributed by atoms with E-state index in [0.29, 0.717) is 6.04 Å². The minimum Gasteiger partial charge on any atom is -0.333 e. The summed E-state index contributed by atoms with van der Waals surface area (Å²) in [6, 6.07) is 0.551. The second-order valence-corrected chi connectivity index (χ2v) is 5.14. The Labute approximate surface area is 103 Å². The van der Waals surface area contributed by atoms with Gasteiger partial charge in [0.25, 0.3) is 0 Å². The van der Waals surface area contributed by atoms with Crippen LogP contribution in [0.2, 0.25) is 0 Å². The van der Waals surface area contributed by atoms with Crippen LogP contribution in [-0.2, 0) is 20.0 Å². The number of likely N-dealkylation sites (tertiary alicyclic amines) is 1. The fraction of sp³-hybridized carbons (Fsp3) is 0.769. The summed E-state index contributed by atoms with van der Waals surface area (Å²) in [5.41, 5.74) is 2.72. The van der Waals surface area contributed by atoms with Crippen molar-refractivity contribution in [1.29, 1.82) is 0 Å². The Hall–Kier alpha value is -0.870. The van der Waals surface area contributed by atoms with Gasteiger partial charge in [0.2, 0.25) is 0 Å². The molecule has 4 heteroatoms. The van der Waals surface area contributed by atoms with E-state index in [4.69, 9.17) is 4.98 Å². The van der Waals surface area contributed by atoms with Crippen LogP contribution in [0, 0.1) is 0 Å². The van der Waals surface area contributed by atoms with Crippen LogP contribution in [-0.4, -0.2) is 34.1 Å². The topological polar surface area (TPSA) is 33.1 Å². The zero-order valence-corrected chi connectivity index (χ0v) is 10.9. The van der Waals surface area contributed by atoms with Crippen LogP contribution < -0.4 is 5.32 Å². The van der Waals surface area contributed by atoms with E-state index in [-0.39, 0.29) is 0 Å². The number of rotatable bonds is 2. The first kappa shape index (κ1) is 11.2. The smallest absolute Gasteiger partial charge is 0.126 e. The molecular formula is C13H22N4. The maximum absolute atomic E-state index is 4.89. The first-order chi connectivity index (χ1) is 8.31. The maximum Gasteiger partial charge on any atom is 0.126 e. The predicted molar refractivity (Wildman–Crippen MR) is 67.8 cm³/mol.